The second-order valence-corrected chi connectivity index (χ2v) is 13.5. The number of thiazole rings is 1. The van der Waals surface area contributed by atoms with E-state index in [1.165, 1.54) is 0 Å². The smallest absolute Gasteiger partial charge is 0.348 e. The van der Waals surface area contributed by atoms with Gasteiger partial charge in [0.1, 0.15) is 27.8 Å². The summed E-state index contributed by atoms with van der Waals surface area (Å²) in [6, 6.07) is 0. The molecule has 2 saturated heterocycles. The van der Waals surface area contributed by atoms with Crippen LogP contribution in [-0.4, -0.2) is 125 Å². The molecule has 0 aliphatic carbocycles. The molecule has 0 aromatic carbocycles. The zero-order valence-corrected chi connectivity index (χ0v) is 29.1. The first-order chi connectivity index (χ1) is 22.1. The summed E-state index contributed by atoms with van der Waals surface area (Å²) in [5.74, 6) is -0.458. The standard InChI is InChI=1S/C31H42Cl2N8O4S/c1-5-38(6-2)9-10-39-11-13-40(14-12-39)24-17-34-21(16-35-24)27-29(30(43)44)46-31(37-27)41-8-7-20(23(18-41)45-4)15-22(42)28-26(33)25(32)19(3)36-28/h16-17,20,23,36H,5-15,18H2,1-4H3,(H,43,44)/t20-,23-/m0/s1. The van der Waals surface area contributed by atoms with Crippen molar-refractivity contribution in [2.45, 2.75) is 39.7 Å². The highest BCUT2D eigenvalue weighted by molar-refractivity contribution is 7.17. The number of hydrogen-bond donors (Lipinski definition) is 2. The lowest BCUT2D eigenvalue weighted by Crippen LogP contribution is -2.48. The topological polar surface area (TPSA) is 131 Å². The van der Waals surface area contributed by atoms with Gasteiger partial charge in [-0.3, -0.25) is 9.69 Å². The van der Waals surface area contributed by atoms with Gasteiger partial charge in [0.15, 0.2) is 10.9 Å². The summed E-state index contributed by atoms with van der Waals surface area (Å²) in [5, 5.41) is 11.2. The van der Waals surface area contributed by atoms with E-state index >= 15 is 0 Å². The van der Waals surface area contributed by atoms with Crippen molar-refractivity contribution >= 4 is 57.2 Å². The largest absolute Gasteiger partial charge is 0.477 e. The van der Waals surface area contributed by atoms with Crippen LogP contribution >= 0.6 is 34.5 Å². The molecule has 46 heavy (non-hydrogen) atoms. The normalized spacial score (nSPS) is 19.3. The highest BCUT2D eigenvalue weighted by Gasteiger charge is 2.34. The van der Waals surface area contributed by atoms with E-state index in [0.29, 0.717) is 52.4 Å². The van der Waals surface area contributed by atoms with Gasteiger partial charge < -0.3 is 29.5 Å². The molecule has 15 heteroatoms. The molecule has 3 aromatic heterocycles. The molecule has 0 saturated carbocycles. The molecule has 2 atom stereocenters. The highest BCUT2D eigenvalue weighted by atomic mass is 35.5. The Balaban J connectivity index is 1.22. The Morgan fingerprint density at radius 2 is 1.83 bits per heavy atom. The van der Waals surface area contributed by atoms with Crippen molar-refractivity contribution in [2.75, 3.05) is 82.4 Å². The molecule has 0 spiro atoms. The lowest BCUT2D eigenvalue weighted by molar-refractivity contribution is 0.0375. The second kappa shape index (κ2) is 15.4. The van der Waals surface area contributed by atoms with Gasteiger partial charge in [-0.05, 0) is 32.4 Å². The quantitative estimate of drug-likeness (QED) is 0.239. The summed E-state index contributed by atoms with van der Waals surface area (Å²) in [4.78, 5) is 51.5. The van der Waals surface area contributed by atoms with Gasteiger partial charge in [-0.25, -0.2) is 19.7 Å². The molecule has 0 bridgehead atoms. The Kier molecular flexibility index (Phi) is 11.6. The number of aromatic nitrogens is 4. The van der Waals surface area contributed by atoms with Crippen LogP contribution in [0.3, 0.4) is 0 Å². The number of ketones is 1. The molecule has 12 nitrogen and oxygen atoms in total. The molecule has 2 N–H and O–H groups in total. The fourth-order valence-corrected chi connectivity index (χ4v) is 7.52. The van der Waals surface area contributed by atoms with E-state index in [1.807, 2.05) is 4.90 Å². The third kappa shape index (κ3) is 7.66. The number of aromatic carboxylic acids is 1. The van der Waals surface area contributed by atoms with Crippen LogP contribution in [0.2, 0.25) is 10.0 Å². The molecule has 250 valence electrons. The maximum absolute atomic E-state index is 13.1. The van der Waals surface area contributed by atoms with Crippen LogP contribution in [-0.2, 0) is 4.74 Å². The number of rotatable bonds is 13. The van der Waals surface area contributed by atoms with Gasteiger partial charge in [0.05, 0.1) is 28.5 Å². The first-order valence-electron chi connectivity index (χ1n) is 15.7. The second-order valence-electron chi connectivity index (χ2n) is 11.7. The number of nitrogens with zero attached hydrogens (tertiary/aromatic N) is 7. The minimum Gasteiger partial charge on any atom is -0.477 e. The molecular formula is C31H42Cl2N8O4S. The van der Waals surface area contributed by atoms with Gasteiger partial charge in [0.25, 0.3) is 0 Å². The van der Waals surface area contributed by atoms with Gasteiger partial charge in [0, 0.05) is 71.6 Å². The summed E-state index contributed by atoms with van der Waals surface area (Å²) >= 11 is 13.6. The SMILES string of the molecule is CCN(CC)CCN1CCN(c2cnc(-c3nc(N4CC[C@@H](CC(=O)c5[nH]c(C)c(Cl)c5Cl)[C@@H](OC)C4)sc3C(=O)O)cn2)CC1. The summed E-state index contributed by atoms with van der Waals surface area (Å²) < 4.78 is 5.80. The van der Waals surface area contributed by atoms with Gasteiger partial charge >= 0.3 is 5.97 Å². The number of ether oxygens (including phenoxy) is 1. The van der Waals surface area contributed by atoms with Gasteiger partial charge in [-0.15, -0.1) is 0 Å². The van der Waals surface area contributed by atoms with Crippen LogP contribution in [0.4, 0.5) is 10.9 Å². The Hall–Kier alpha value is -2.81. The molecule has 2 aliphatic rings. The van der Waals surface area contributed by atoms with Crippen LogP contribution < -0.4 is 9.80 Å². The number of anilines is 2. The van der Waals surface area contributed by atoms with E-state index in [9.17, 15) is 14.7 Å². The van der Waals surface area contributed by atoms with Crippen molar-refractivity contribution in [3.8, 4) is 11.4 Å². The zero-order valence-electron chi connectivity index (χ0n) is 26.8. The number of halogens is 2. The van der Waals surface area contributed by atoms with E-state index in [1.54, 1.807) is 26.4 Å². The number of carboxylic acid groups (broad SMARTS) is 1. The fraction of sp³-hybridized carbons (Fsp3) is 0.581. The number of aromatic amines is 1. The number of carbonyl (C=O) groups is 2. The molecule has 2 aliphatic heterocycles. The first-order valence-corrected chi connectivity index (χ1v) is 17.3. The van der Waals surface area contributed by atoms with Gasteiger partial charge in [-0.1, -0.05) is 48.4 Å². The predicted octanol–water partition coefficient (Wildman–Crippen LogP) is 4.82. The summed E-state index contributed by atoms with van der Waals surface area (Å²) in [5.41, 5.74) is 1.69. The Morgan fingerprint density at radius 1 is 1.09 bits per heavy atom. The van der Waals surface area contributed by atoms with Crippen molar-refractivity contribution in [2.24, 2.45) is 5.92 Å². The Bertz CT molecular complexity index is 1500. The third-order valence-electron chi connectivity index (χ3n) is 9.06. The maximum Gasteiger partial charge on any atom is 0.348 e. The number of aryl methyl sites for hydroxylation is 1. The third-order valence-corrected chi connectivity index (χ3v) is 11.1. The fourth-order valence-electron chi connectivity index (χ4n) is 6.14. The maximum atomic E-state index is 13.1. The molecule has 2 fully saturated rings. The molecule has 5 heterocycles. The van der Waals surface area contributed by atoms with Gasteiger partial charge in [-0.2, -0.15) is 0 Å². The van der Waals surface area contributed by atoms with Crippen molar-refractivity contribution in [3.63, 3.8) is 0 Å². The number of Topliss-reactive ketones (excluding diaryl/α,β-unsaturated/α-hetero) is 1. The monoisotopic (exact) mass is 692 g/mol. The van der Waals surface area contributed by atoms with Crippen LogP contribution in [0.1, 0.15) is 52.5 Å². The molecule has 0 unspecified atom stereocenters. The van der Waals surface area contributed by atoms with Gasteiger partial charge in [0.2, 0.25) is 0 Å². The minimum atomic E-state index is -1.06. The zero-order chi connectivity index (χ0) is 33.0. The lowest BCUT2D eigenvalue weighted by Gasteiger charge is -2.37. The number of carboxylic acids is 1. The average Bonchev–Trinajstić information content (AvgIpc) is 3.63. The summed E-state index contributed by atoms with van der Waals surface area (Å²) in [7, 11) is 1.62. The summed E-state index contributed by atoms with van der Waals surface area (Å²) in [6.07, 6.45) is 3.96. The minimum absolute atomic E-state index is 0.0479. The number of hydrogen-bond acceptors (Lipinski definition) is 11. The Labute approximate surface area is 283 Å². The molecule has 5 rings (SSSR count). The van der Waals surface area contributed by atoms with E-state index in [-0.39, 0.29) is 34.1 Å². The number of likely N-dealkylation sites (N-methyl/N-ethyl adjacent to an activating group) is 1. The average molecular weight is 694 g/mol. The number of nitrogens with one attached hydrogen (secondary N) is 1. The van der Waals surface area contributed by atoms with Crippen molar-refractivity contribution < 1.29 is 19.4 Å². The van der Waals surface area contributed by atoms with E-state index < -0.39 is 5.97 Å². The van der Waals surface area contributed by atoms with Crippen molar-refractivity contribution in [1.29, 1.82) is 0 Å². The number of piperidine rings is 1. The molecular weight excluding hydrogens is 651 g/mol. The van der Waals surface area contributed by atoms with E-state index in [2.05, 4.69) is 43.5 Å². The lowest BCUT2D eigenvalue weighted by atomic mass is 9.88. The van der Waals surface area contributed by atoms with Crippen molar-refractivity contribution in [1.82, 2.24) is 29.7 Å². The Morgan fingerprint density at radius 3 is 2.41 bits per heavy atom. The van der Waals surface area contributed by atoms with E-state index in [4.69, 9.17) is 32.9 Å². The van der Waals surface area contributed by atoms with Crippen LogP contribution in [0.5, 0.6) is 0 Å². The predicted molar refractivity (Wildman–Crippen MR) is 182 cm³/mol. The highest BCUT2D eigenvalue weighted by Crippen LogP contribution is 2.37. The number of carbonyl (C=O) groups excluding carboxylic acids is 1. The number of methoxy groups -OCH3 is 1. The van der Waals surface area contributed by atoms with Crippen LogP contribution in [0, 0.1) is 12.8 Å². The first kappa shape index (κ1) is 34.5. The number of piperazine rings is 1. The molecule has 3 aromatic rings. The molecule has 0 amide bonds. The number of H-pyrrole nitrogens is 1. The van der Waals surface area contributed by atoms with Crippen LogP contribution in [0.25, 0.3) is 11.4 Å². The van der Waals surface area contributed by atoms with Crippen LogP contribution in [0.15, 0.2) is 12.4 Å². The summed E-state index contributed by atoms with van der Waals surface area (Å²) in [6.45, 7) is 15.1. The van der Waals surface area contributed by atoms with Crippen molar-refractivity contribution in [3.05, 3.63) is 38.7 Å². The molecule has 0 radical (unpaired) electrons. The van der Waals surface area contributed by atoms with E-state index in [0.717, 1.165) is 69.5 Å².